The van der Waals surface area contributed by atoms with Gasteiger partial charge in [0.2, 0.25) is 0 Å². The van der Waals surface area contributed by atoms with Gasteiger partial charge in [-0.15, -0.1) is 13.2 Å². The molecule has 0 bridgehead atoms. The molecule has 1 heterocycles. The van der Waals surface area contributed by atoms with Gasteiger partial charge in [0.15, 0.2) is 0 Å². The first-order valence-electron chi connectivity index (χ1n) is 4.22. The zero-order valence-corrected chi connectivity index (χ0v) is 7.61. The summed E-state index contributed by atoms with van der Waals surface area (Å²) in [5.74, 6) is 0. The van der Waals surface area contributed by atoms with Crippen LogP contribution in [0.5, 0.6) is 0 Å². The second-order valence-corrected chi connectivity index (χ2v) is 2.80. The fraction of sp³-hybridized carbons (Fsp3) is 0.182. The minimum atomic E-state index is -0.184. The molecule has 0 aliphatic rings. The van der Waals surface area contributed by atoms with E-state index in [1.165, 1.54) is 0 Å². The summed E-state index contributed by atoms with van der Waals surface area (Å²) in [5, 5.41) is 0. The Balaban J connectivity index is 3.02. The SMILES string of the molecule is C=CCc1cccnc1C(N)C=C. The molecule has 0 aliphatic heterocycles. The third kappa shape index (κ3) is 2.26. The van der Waals surface area contributed by atoms with Gasteiger partial charge >= 0.3 is 0 Å². The minimum Gasteiger partial charge on any atom is -0.319 e. The molecule has 1 aromatic rings. The first kappa shape index (κ1) is 9.68. The molecule has 2 N–H and O–H groups in total. The molecule has 0 aliphatic carbocycles. The molecule has 68 valence electrons. The van der Waals surface area contributed by atoms with Crippen molar-refractivity contribution >= 4 is 0 Å². The van der Waals surface area contributed by atoms with Gasteiger partial charge in [-0.2, -0.15) is 0 Å². The number of rotatable bonds is 4. The summed E-state index contributed by atoms with van der Waals surface area (Å²) in [7, 11) is 0. The van der Waals surface area contributed by atoms with Crippen molar-refractivity contribution < 1.29 is 0 Å². The van der Waals surface area contributed by atoms with E-state index in [-0.39, 0.29) is 6.04 Å². The van der Waals surface area contributed by atoms with Crippen LogP contribution in [0.1, 0.15) is 17.3 Å². The lowest BCUT2D eigenvalue weighted by Crippen LogP contribution is -2.11. The summed E-state index contributed by atoms with van der Waals surface area (Å²) in [4.78, 5) is 4.22. The molecule has 1 atom stereocenters. The molecular weight excluding hydrogens is 160 g/mol. The van der Waals surface area contributed by atoms with Crippen LogP contribution in [0.4, 0.5) is 0 Å². The molecule has 13 heavy (non-hydrogen) atoms. The summed E-state index contributed by atoms with van der Waals surface area (Å²) >= 11 is 0. The molecule has 0 fully saturated rings. The van der Waals surface area contributed by atoms with Gasteiger partial charge in [0.1, 0.15) is 0 Å². The van der Waals surface area contributed by atoms with Gasteiger partial charge in [0.05, 0.1) is 11.7 Å². The van der Waals surface area contributed by atoms with Gasteiger partial charge in [0, 0.05) is 6.20 Å². The van der Waals surface area contributed by atoms with E-state index < -0.39 is 0 Å². The summed E-state index contributed by atoms with van der Waals surface area (Å²) in [6.07, 6.45) is 6.07. The summed E-state index contributed by atoms with van der Waals surface area (Å²) in [6, 6.07) is 3.72. The van der Waals surface area contributed by atoms with E-state index in [1.54, 1.807) is 12.3 Å². The first-order chi connectivity index (χ1) is 6.29. The quantitative estimate of drug-likeness (QED) is 0.709. The Morgan fingerprint density at radius 3 is 2.92 bits per heavy atom. The van der Waals surface area contributed by atoms with E-state index in [2.05, 4.69) is 18.1 Å². The lowest BCUT2D eigenvalue weighted by atomic mass is 10.1. The van der Waals surface area contributed by atoms with Crippen molar-refractivity contribution in [3.8, 4) is 0 Å². The van der Waals surface area contributed by atoms with E-state index in [0.29, 0.717) is 0 Å². The maximum absolute atomic E-state index is 5.81. The first-order valence-corrected chi connectivity index (χ1v) is 4.22. The van der Waals surface area contributed by atoms with E-state index in [1.807, 2.05) is 18.2 Å². The van der Waals surface area contributed by atoms with Gasteiger partial charge in [-0.3, -0.25) is 4.98 Å². The highest BCUT2D eigenvalue weighted by atomic mass is 14.8. The summed E-state index contributed by atoms with van der Waals surface area (Å²) < 4.78 is 0. The number of pyridine rings is 1. The molecule has 0 spiro atoms. The van der Waals surface area contributed by atoms with E-state index in [4.69, 9.17) is 5.73 Å². The normalized spacial score (nSPS) is 12.1. The van der Waals surface area contributed by atoms with Crippen LogP contribution in [0.15, 0.2) is 43.6 Å². The number of hydrogen-bond donors (Lipinski definition) is 1. The van der Waals surface area contributed by atoms with Crippen molar-refractivity contribution in [3.63, 3.8) is 0 Å². The fourth-order valence-electron chi connectivity index (χ4n) is 1.19. The van der Waals surface area contributed by atoms with Gasteiger partial charge in [0.25, 0.3) is 0 Å². The van der Waals surface area contributed by atoms with Crippen LogP contribution in [0.25, 0.3) is 0 Å². The van der Waals surface area contributed by atoms with Crippen molar-refractivity contribution in [2.75, 3.05) is 0 Å². The lowest BCUT2D eigenvalue weighted by Gasteiger charge is -2.09. The molecule has 1 unspecified atom stereocenters. The Labute approximate surface area is 78.8 Å². The fourth-order valence-corrected chi connectivity index (χ4v) is 1.19. The van der Waals surface area contributed by atoms with Crippen LogP contribution in [0.2, 0.25) is 0 Å². The van der Waals surface area contributed by atoms with Gasteiger partial charge in [-0.25, -0.2) is 0 Å². The smallest absolute Gasteiger partial charge is 0.0656 e. The van der Waals surface area contributed by atoms with Crippen molar-refractivity contribution in [1.29, 1.82) is 0 Å². The van der Waals surface area contributed by atoms with Crippen molar-refractivity contribution in [2.24, 2.45) is 5.73 Å². The highest BCUT2D eigenvalue weighted by molar-refractivity contribution is 5.26. The molecule has 0 amide bonds. The standard InChI is InChI=1S/C11H14N2/c1-3-6-9-7-5-8-13-11(9)10(12)4-2/h3-5,7-8,10H,1-2,6,12H2. The lowest BCUT2D eigenvalue weighted by molar-refractivity contribution is 0.843. The van der Waals surface area contributed by atoms with Crippen LogP contribution >= 0.6 is 0 Å². The van der Waals surface area contributed by atoms with Gasteiger partial charge < -0.3 is 5.73 Å². The summed E-state index contributed by atoms with van der Waals surface area (Å²) in [6.45, 7) is 7.34. The topological polar surface area (TPSA) is 38.9 Å². The monoisotopic (exact) mass is 174 g/mol. The molecule has 2 heteroatoms. The predicted octanol–water partition coefficient (Wildman–Crippen LogP) is 2.00. The van der Waals surface area contributed by atoms with E-state index in [9.17, 15) is 0 Å². The average Bonchev–Trinajstić information content (AvgIpc) is 2.18. The van der Waals surface area contributed by atoms with Crippen LogP contribution in [-0.2, 0) is 6.42 Å². The van der Waals surface area contributed by atoms with E-state index >= 15 is 0 Å². The van der Waals surface area contributed by atoms with Gasteiger partial charge in [-0.05, 0) is 18.1 Å². The molecule has 0 saturated heterocycles. The molecule has 1 rings (SSSR count). The molecule has 0 aromatic carbocycles. The zero-order valence-electron chi connectivity index (χ0n) is 7.61. The van der Waals surface area contributed by atoms with Crippen LogP contribution in [-0.4, -0.2) is 4.98 Å². The third-order valence-corrected chi connectivity index (χ3v) is 1.86. The number of aromatic nitrogens is 1. The molecule has 2 nitrogen and oxygen atoms in total. The van der Waals surface area contributed by atoms with Crippen molar-refractivity contribution in [1.82, 2.24) is 4.98 Å². The Kier molecular flexibility index (Phi) is 3.41. The Morgan fingerprint density at radius 1 is 1.54 bits per heavy atom. The largest absolute Gasteiger partial charge is 0.319 e. The third-order valence-electron chi connectivity index (χ3n) is 1.86. The molecule has 1 aromatic heterocycles. The molecular formula is C11H14N2. The van der Waals surface area contributed by atoms with Crippen LogP contribution in [0.3, 0.4) is 0 Å². The summed E-state index contributed by atoms with van der Waals surface area (Å²) in [5.41, 5.74) is 7.81. The van der Waals surface area contributed by atoms with Crippen molar-refractivity contribution in [2.45, 2.75) is 12.5 Å². The Bertz CT molecular complexity index is 305. The maximum atomic E-state index is 5.81. The number of hydrogen-bond acceptors (Lipinski definition) is 2. The molecule has 0 saturated carbocycles. The number of allylic oxidation sites excluding steroid dienone is 1. The predicted molar refractivity (Wildman–Crippen MR) is 55.3 cm³/mol. The van der Waals surface area contributed by atoms with Crippen molar-refractivity contribution in [3.05, 3.63) is 54.9 Å². The second kappa shape index (κ2) is 4.58. The van der Waals surface area contributed by atoms with E-state index in [0.717, 1.165) is 17.7 Å². The van der Waals surface area contributed by atoms with Crippen LogP contribution in [0, 0.1) is 0 Å². The Morgan fingerprint density at radius 2 is 2.31 bits per heavy atom. The minimum absolute atomic E-state index is 0.184. The maximum Gasteiger partial charge on any atom is 0.0656 e. The number of nitrogens with zero attached hydrogens (tertiary/aromatic N) is 1. The van der Waals surface area contributed by atoms with Gasteiger partial charge in [-0.1, -0.05) is 18.2 Å². The zero-order chi connectivity index (χ0) is 9.68. The second-order valence-electron chi connectivity index (χ2n) is 2.80. The average molecular weight is 174 g/mol. The molecule has 0 radical (unpaired) electrons. The number of nitrogens with two attached hydrogens (primary N) is 1. The Hall–Kier alpha value is -1.41. The highest BCUT2D eigenvalue weighted by Gasteiger charge is 2.06. The van der Waals surface area contributed by atoms with Crippen LogP contribution < -0.4 is 5.73 Å². The highest BCUT2D eigenvalue weighted by Crippen LogP contribution is 2.14.